The lowest BCUT2D eigenvalue weighted by atomic mass is 9.96. The Bertz CT molecular complexity index is 1140. The van der Waals surface area contributed by atoms with Crippen molar-refractivity contribution in [2.75, 3.05) is 25.5 Å². The first kappa shape index (κ1) is 24.4. The van der Waals surface area contributed by atoms with Gasteiger partial charge in [-0.05, 0) is 62.4 Å². The summed E-state index contributed by atoms with van der Waals surface area (Å²) in [5, 5.41) is 2.82. The molecule has 0 radical (unpaired) electrons. The van der Waals surface area contributed by atoms with Crippen LogP contribution in [0.1, 0.15) is 72.1 Å². The van der Waals surface area contributed by atoms with Crippen LogP contribution in [0.15, 0.2) is 53.4 Å². The van der Waals surface area contributed by atoms with Crippen molar-refractivity contribution in [3.63, 3.8) is 0 Å². The van der Waals surface area contributed by atoms with Crippen molar-refractivity contribution in [3.8, 4) is 0 Å². The van der Waals surface area contributed by atoms with Gasteiger partial charge in [0.05, 0.1) is 16.1 Å². The van der Waals surface area contributed by atoms with Gasteiger partial charge in [-0.1, -0.05) is 37.5 Å². The lowest BCUT2D eigenvalue weighted by molar-refractivity contribution is 0.0725. The Morgan fingerprint density at radius 1 is 0.912 bits per heavy atom. The summed E-state index contributed by atoms with van der Waals surface area (Å²) in [6, 6.07) is 13.1. The lowest BCUT2D eigenvalue weighted by Crippen LogP contribution is -2.38. The average Bonchev–Trinajstić information content (AvgIpc) is 2.89. The standard InChI is InChI=1S/C26H33N3O4S/c1-28(21-12-4-2-5-13-21)34(32,33)22-14-10-11-20(19-22)25(30)27-24-16-7-6-15-23(24)26(31)29-17-8-3-9-18-29/h6-7,10-11,14-16,19,21H,2-5,8-9,12-13,17-18H2,1H3,(H,27,30). The number of nitrogens with zero attached hydrogens (tertiary/aromatic N) is 2. The van der Waals surface area contributed by atoms with E-state index in [1.165, 1.54) is 16.4 Å². The van der Waals surface area contributed by atoms with E-state index in [1.54, 1.807) is 43.4 Å². The Morgan fingerprint density at radius 3 is 2.32 bits per heavy atom. The van der Waals surface area contributed by atoms with Crippen molar-refractivity contribution in [2.24, 2.45) is 0 Å². The SMILES string of the molecule is CN(C1CCCCC1)S(=O)(=O)c1cccc(C(=O)Nc2ccccc2C(=O)N2CCCCC2)c1. The minimum absolute atomic E-state index is 0.0103. The molecule has 182 valence electrons. The molecule has 1 saturated heterocycles. The maximum atomic E-state index is 13.2. The van der Waals surface area contributed by atoms with Crippen molar-refractivity contribution in [3.05, 3.63) is 59.7 Å². The van der Waals surface area contributed by atoms with Gasteiger partial charge in [-0.3, -0.25) is 9.59 Å². The number of anilines is 1. The van der Waals surface area contributed by atoms with Gasteiger partial charge in [-0.15, -0.1) is 0 Å². The highest BCUT2D eigenvalue weighted by molar-refractivity contribution is 7.89. The number of carbonyl (C=O) groups excluding carboxylic acids is 2. The number of amides is 2. The molecule has 2 amide bonds. The first-order valence-electron chi connectivity index (χ1n) is 12.2. The zero-order valence-electron chi connectivity index (χ0n) is 19.7. The Kier molecular flexibility index (Phi) is 7.68. The van der Waals surface area contributed by atoms with E-state index >= 15 is 0 Å². The molecule has 2 aromatic rings. The van der Waals surface area contributed by atoms with Crippen LogP contribution in [0, 0.1) is 0 Å². The third kappa shape index (κ3) is 5.33. The van der Waals surface area contributed by atoms with Crippen molar-refractivity contribution in [1.29, 1.82) is 0 Å². The Labute approximate surface area is 202 Å². The van der Waals surface area contributed by atoms with Crippen LogP contribution in [0.25, 0.3) is 0 Å². The number of sulfonamides is 1. The second-order valence-electron chi connectivity index (χ2n) is 9.19. The number of likely N-dealkylation sites (tertiary alicyclic amines) is 1. The summed E-state index contributed by atoms with van der Waals surface area (Å²) in [7, 11) is -2.09. The molecular formula is C26H33N3O4S. The summed E-state index contributed by atoms with van der Waals surface area (Å²) in [4.78, 5) is 28.0. The lowest BCUT2D eigenvalue weighted by Gasteiger charge is -2.30. The maximum Gasteiger partial charge on any atom is 0.255 e. The van der Waals surface area contributed by atoms with Gasteiger partial charge < -0.3 is 10.2 Å². The summed E-state index contributed by atoms with van der Waals surface area (Å²) >= 11 is 0. The fourth-order valence-corrected chi connectivity index (χ4v) is 6.31. The molecule has 0 spiro atoms. The molecule has 0 aromatic heterocycles. The van der Waals surface area contributed by atoms with E-state index in [4.69, 9.17) is 0 Å². The van der Waals surface area contributed by atoms with Crippen LogP contribution >= 0.6 is 0 Å². The van der Waals surface area contributed by atoms with Gasteiger partial charge in [0, 0.05) is 31.7 Å². The zero-order chi connectivity index (χ0) is 24.1. The molecule has 1 N–H and O–H groups in total. The molecule has 2 fully saturated rings. The van der Waals surface area contributed by atoms with Gasteiger partial charge in [0.1, 0.15) is 0 Å². The fraction of sp³-hybridized carbons (Fsp3) is 0.462. The van der Waals surface area contributed by atoms with Crippen LogP contribution < -0.4 is 5.32 Å². The van der Waals surface area contributed by atoms with Gasteiger partial charge in [0.15, 0.2) is 0 Å². The van der Waals surface area contributed by atoms with E-state index < -0.39 is 15.9 Å². The molecule has 0 unspecified atom stereocenters. The molecule has 1 saturated carbocycles. The monoisotopic (exact) mass is 483 g/mol. The predicted molar refractivity (Wildman–Crippen MR) is 132 cm³/mol. The number of nitrogens with one attached hydrogen (secondary N) is 1. The van der Waals surface area contributed by atoms with Crippen molar-refractivity contribution >= 4 is 27.5 Å². The number of hydrogen-bond donors (Lipinski definition) is 1. The van der Waals surface area contributed by atoms with Gasteiger partial charge in [-0.2, -0.15) is 4.31 Å². The molecular weight excluding hydrogens is 450 g/mol. The third-order valence-electron chi connectivity index (χ3n) is 6.91. The molecule has 2 aliphatic rings. The minimum Gasteiger partial charge on any atom is -0.339 e. The first-order valence-corrected chi connectivity index (χ1v) is 13.6. The van der Waals surface area contributed by atoms with Crippen molar-refractivity contribution in [1.82, 2.24) is 9.21 Å². The summed E-state index contributed by atoms with van der Waals surface area (Å²) in [5.74, 6) is -0.544. The molecule has 0 atom stereocenters. The highest BCUT2D eigenvalue weighted by Gasteiger charge is 2.29. The van der Waals surface area contributed by atoms with Crippen LogP contribution in [0.3, 0.4) is 0 Å². The van der Waals surface area contributed by atoms with E-state index in [2.05, 4.69) is 5.32 Å². The van der Waals surface area contributed by atoms with Gasteiger partial charge >= 0.3 is 0 Å². The Balaban J connectivity index is 1.53. The Morgan fingerprint density at radius 2 is 1.59 bits per heavy atom. The molecule has 8 heteroatoms. The van der Waals surface area contributed by atoms with Crippen LogP contribution in [-0.2, 0) is 10.0 Å². The summed E-state index contributed by atoms with van der Waals surface area (Å²) in [6.45, 7) is 1.44. The van der Waals surface area contributed by atoms with E-state index in [0.29, 0.717) is 11.3 Å². The topological polar surface area (TPSA) is 86.8 Å². The number of rotatable bonds is 6. The summed E-state index contributed by atoms with van der Waals surface area (Å²) in [6.07, 6.45) is 8.01. The number of para-hydroxylation sites is 1. The quantitative estimate of drug-likeness (QED) is 0.655. The predicted octanol–water partition coefficient (Wildman–Crippen LogP) is 4.52. The highest BCUT2D eigenvalue weighted by atomic mass is 32.2. The highest BCUT2D eigenvalue weighted by Crippen LogP contribution is 2.27. The summed E-state index contributed by atoms with van der Waals surface area (Å²) in [5.41, 5.74) is 1.10. The number of hydrogen-bond acceptors (Lipinski definition) is 4. The molecule has 34 heavy (non-hydrogen) atoms. The summed E-state index contributed by atoms with van der Waals surface area (Å²) < 4.78 is 27.9. The zero-order valence-corrected chi connectivity index (χ0v) is 20.5. The normalized spacial score (nSPS) is 17.5. The molecule has 1 aliphatic heterocycles. The van der Waals surface area contributed by atoms with E-state index in [9.17, 15) is 18.0 Å². The molecule has 0 bridgehead atoms. The van der Waals surface area contributed by atoms with Crippen LogP contribution in [-0.4, -0.2) is 55.6 Å². The second kappa shape index (κ2) is 10.7. The second-order valence-corrected chi connectivity index (χ2v) is 11.2. The molecule has 1 heterocycles. The van der Waals surface area contributed by atoms with Gasteiger partial charge in [-0.25, -0.2) is 8.42 Å². The molecule has 2 aromatic carbocycles. The van der Waals surface area contributed by atoms with E-state index in [0.717, 1.165) is 64.5 Å². The van der Waals surface area contributed by atoms with Crippen LogP contribution in [0.5, 0.6) is 0 Å². The number of piperidine rings is 1. The Hall–Kier alpha value is -2.71. The first-order chi connectivity index (χ1) is 16.4. The fourth-order valence-electron chi connectivity index (χ4n) is 4.85. The molecule has 1 aliphatic carbocycles. The van der Waals surface area contributed by atoms with E-state index in [-0.39, 0.29) is 22.4 Å². The molecule has 7 nitrogen and oxygen atoms in total. The minimum atomic E-state index is -3.71. The smallest absolute Gasteiger partial charge is 0.255 e. The number of benzene rings is 2. The van der Waals surface area contributed by atoms with Crippen LogP contribution in [0.2, 0.25) is 0 Å². The number of carbonyl (C=O) groups is 2. The van der Waals surface area contributed by atoms with Crippen LogP contribution in [0.4, 0.5) is 5.69 Å². The van der Waals surface area contributed by atoms with Crippen molar-refractivity contribution < 1.29 is 18.0 Å². The molecule has 4 rings (SSSR count). The van der Waals surface area contributed by atoms with Crippen molar-refractivity contribution in [2.45, 2.75) is 62.3 Å². The maximum absolute atomic E-state index is 13.2. The van der Waals surface area contributed by atoms with Gasteiger partial charge in [0.25, 0.3) is 11.8 Å². The average molecular weight is 484 g/mol. The van der Waals surface area contributed by atoms with Gasteiger partial charge in [0.2, 0.25) is 10.0 Å². The third-order valence-corrected chi connectivity index (χ3v) is 8.82. The van der Waals surface area contributed by atoms with E-state index in [1.807, 2.05) is 4.90 Å². The largest absolute Gasteiger partial charge is 0.339 e.